The molecule has 2 rings (SSSR count). The Hall–Kier alpha value is -1.85. The summed E-state index contributed by atoms with van der Waals surface area (Å²) < 4.78 is 0. The highest BCUT2D eigenvalue weighted by atomic mass is 35.5. The fourth-order valence-corrected chi connectivity index (χ4v) is 2.16. The van der Waals surface area contributed by atoms with E-state index < -0.39 is 0 Å². The van der Waals surface area contributed by atoms with Crippen LogP contribution in [0, 0.1) is 5.92 Å². The molecular weight excluding hydrogens is 335 g/mol. The average molecular weight is 353 g/mol. The van der Waals surface area contributed by atoms with E-state index in [9.17, 15) is 4.79 Å². The van der Waals surface area contributed by atoms with E-state index in [2.05, 4.69) is 34.4 Å². The van der Waals surface area contributed by atoms with Crippen LogP contribution in [-0.4, -0.2) is 22.4 Å². The highest BCUT2D eigenvalue weighted by Crippen LogP contribution is 2.31. The van der Waals surface area contributed by atoms with Crippen LogP contribution in [0.5, 0.6) is 0 Å². The summed E-state index contributed by atoms with van der Waals surface area (Å²) in [6.07, 6.45) is 3.83. The van der Waals surface area contributed by atoms with Crippen molar-refractivity contribution in [1.82, 2.24) is 15.3 Å². The fraction of sp³-hybridized carbons (Fsp3) is 0.312. The zero-order chi connectivity index (χ0) is 16.8. The van der Waals surface area contributed by atoms with Crippen molar-refractivity contribution in [2.24, 2.45) is 5.92 Å². The zero-order valence-corrected chi connectivity index (χ0v) is 14.4. The predicted octanol–water partition coefficient (Wildman–Crippen LogP) is 4.30. The third kappa shape index (κ3) is 5.08. The molecule has 0 radical (unpaired) electrons. The van der Waals surface area contributed by atoms with Gasteiger partial charge in [0.1, 0.15) is 11.5 Å². The second-order valence-electron chi connectivity index (χ2n) is 5.45. The normalized spacial score (nSPS) is 10.7. The molecule has 0 saturated carbocycles. The molecule has 2 N–H and O–H groups in total. The molecule has 0 fully saturated rings. The van der Waals surface area contributed by atoms with Crippen LogP contribution in [0.4, 0.5) is 11.5 Å². The lowest BCUT2D eigenvalue weighted by atomic mass is 10.1. The lowest BCUT2D eigenvalue weighted by Crippen LogP contribution is -2.26. The van der Waals surface area contributed by atoms with Crippen LogP contribution in [0.25, 0.3) is 0 Å². The maximum Gasteiger partial charge on any atom is 0.271 e. The summed E-state index contributed by atoms with van der Waals surface area (Å²) in [5.74, 6) is 0.786. The van der Waals surface area contributed by atoms with Crippen molar-refractivity contribution in [3.05, 3.63) is 46.3 Å². The first kappa shape index (κ1) is 17.5. The van der Waals surface area contributed by atoms with Crippen LogP contribution in [-0.2, 0) is 0 Å². The Balaban J connectivity index is 1.99. The van der Waals surface area contributed by atoms with E-state index in [1.807, 2.05) is 0 Å². The van der Waals surface area contributed by atoms with Gasteiger partial charge < -0.3 is 10.6 Å². The van der Waals surface area contributed by atoms with Gasteiger partial charge in [0.25, 0.3) is 5.91 Å². The largest absolute Gasteiger partial charge is 0.351 e. The Morgan fingerprint density at radius 2 is 2.00 bits per heavy atom. The number of anilines is 2. The number of nitrogens with one attached hydrogen (secondary N) is 2. The number of hydrogen-bond acceptors (Lipinski definition) is 4. The van der Waals surface area contributed by atoms with Gasteiger partial charge in [0.15, 0.2) is 0 Å². The molecule has 0 saturated heterocycles. The molecule has 0 unspecified atom stereocenters. The molecular formula is C16H18Cl2N4O. The van der Waals surface area contributed by atoms with E-state index in [1.165, 1.54) is 12.4 Å². The molecule has 0 spiro atoms. The molecule has 0 atom stereocenters. The van der Waals surface area contributed by atoms with Crippen LogP contribution in [0.2, 0.25) is 10.0 Å². The van der Waals surface area contributed by atoms with Gasteiger partial charge in [0, 0.05) is 6.54 Å². The van der Waals surface area contributed by atoms with Crippen molar-refractivity contribution in [3.8, 4) is 0 Å². The molecule has 7 heteroatoms. The van der Waals surface area contributed by atoms with Gasteiger partial charge in [-0.2, -0.15) is 0 Å². The summed E-state index contributed by atoms with van der Waals surface area (Å²) in [4.78, 5) is 20.2. The van der Waals surface area contributed by atoms with Crippen LogP contribution in [0.3, 0.4) is 0 Å². The molecule has 1 amide bonds. The van der Waals surface area contributed by atoms with Crippen LogP contribution < -0.4 is 10.6 Å². The Bertz CT molecular complexity index is 674. The highest BCUT2D eigenvalue weighted by molar-refractivity contribution is 6.43. The Kier molecular flexibility index (Phi) is 6.19. The van der Waals surface area contributed by atoms with Crippen LogP contribution in [0.1, 0.15) is 30.8 Å². The Morgan fingerprint density at radius 1 is 1.22 bits per heavy atom. The van der Waals surface area contributed by atoms with E-state index in [0.717, 1.165) is 6.42 Å². The maximum absolute atomic E-state index is 11.9. The molecule has 23 heavy (non-hydrogen) atoms. The molecule has 1 aromatic heterocycles. The third-order valence-electron chi connectivity index (χ3n) is 3.11. The number of hydrogen-bond donors (Lipinski definition) is 2. The van der Waals surface area contributed by atoms with Crippen molar-refractivity contribution in [1.29, 1.82) is 0 Å². The number of halogens is 2. The predicted molar refractivity (Wildman–Crippen MR) is 93.6 cm³/mol. The molecule has 2 aromatic rings. The monoisotopic (exact) mass is 352 g/mol. The smallest absolute Gasteiger partial charge is 0.271 e. The summed E-state index contributed by atoms with van der Waals surface area (Å²) in [7, 11) is 0. The van der Waals surface area contributed by atoms with Gasteiger partial charge in [-0.05, 0) is 24.5 Å². The third-order valence-corrected chi connectivity index (χ3v) is 3.92. The first-order valence-electron chi connectivity index (χ1n) is 7.28. The summed E-state index contributed by atoms with van der Waals surface area (Å²) >= 11 is 12.1. The van der Waals surface area contributed by atoms with Crippen molar-refractivity contribution in [2.45, 2.75) is 20.3 Å². The molecule has 122 valence electrons. The molecule has 0 aliphatic carbocycles. The average Bonchev–Trinajstić information content (AvgIpc) is 2.52. The number of benzene rings is 1. The molecule has 1 heterocycles. The molecule has 0 aliphatic rings. The van der Waals surface area contributed by atoms with E-state index in [1.54, 1.807) is 18.2 Å². The number of carbonyl (C=O) groups is 1. The number of amides is 1. The van der Waals surface area contributed by atoms with Gasteiger partial charge >= 0.3 is 0 Å². The quantitative estimate of drug-likeness (QED) is 0.812. The number of carbonyl (C=O) groups excluding carboxylic acids is 1. The summed E-state index contributed by atoms with van der Waals surface area (Å²) in [6, 6.07) is 5.26. The number of nitrogens with zero attached hydrogens (tertiary/aromatic N) is 2. The van der Waals surface area contributed by atoms with Gasteiger partial charge in [0.2, 0.25) is 0 Å². The van der Waals surface area contributed by atoms with Crippen molar-refractivity contribution >= 4 is 40.6 Å². The SMILES string of the molecule is CC(C)CCNC(=O)c1cnc(Nc2cccc(Cl)c2Cl)cn1. The molecule has 0 bridgehead atoms. The van der Waals surface area contributed by atoms with E-state index in [0.29, 0.717) is 34.0 Å². The minimum atomic E-state index is -0.231. The van der Waals surface area contributed by atoms with Crippen LogP contribution >= 0.6 is 23.2 Å². The zero-order valence-electron chi connectivity index (χ0n) is 12.9. The Labute approximate surface area is 145 Å². The lowest BCUT2D eigenvalue weighted by Gasteiger charge is -2.09. The molecule has 5 nitrogen and oxygen atoms in total. The number of rotatable bonds is 6. The number of aromatic nitrogens is 2. The maximum atomic E-state index is 11.9. The minimum absolute atomic E-state index is 0.231. The van der Waals surface area contributed by atoms with Gasteiger partial charge in [-0.25, -0.2) is 9.97 Å². The fourth-order valence-electron chi connectivity index (χ4n) is 1.81. The van der Waals surface area contributed by atoms with Gasteiger partial charge in [-0.3, -0.25) is 4.79 Å². The van der Waals surface area contributed by atoms with E-state index >= 15 is 0 Å². The second-order valence-corrected chi connectivity index (χ2v) is 6.24. The standard InChI is InChI=1S/C16H18Cl2N4O/c1-10(2)6-7-19-16(23)13-8-21-14(9-20-13)22-12-5-3-4-11(17)15(12)18/h3-5,8-10H,6-7H2,1-2H3,(H,19,23)(H,21,22). The second kappa shape index (κ2) is 8.13. The minimum Gasteiger partial charge on any atom is -0.351 e. The van der Waals surface area contributed by atoms with Crippen molar-refractivity contribution < 1.29 is 4.79 Å². The van der Waals surface area contributed by atoms with Crippen LogP contribution in [0.15, 0.2) is 30.6 Å². The van der Waals surface area contributed by atoms with Gasteiger partial charge in [-0.15, -0.1) is 0 Å². The summed E-state index contributed by atoms with van der Waals surface area (Å²) in [6.45, 7) is 4.83. The lowest BCUT2D eigenvalue weighted by molar-refractivity contribution is 0.0946. The summed E-state index contributed by atoms with van der Waals surface area (Å²) in [5.41, 5.74) is 0.902. The first-order chi connectivity index (χ1) is 11.0. The van der Waals surface area contributed by atoms with E-state index in [4.69, 9.17) is 23.2 Å². The van der Waals surface area contributed by atoms with Gasteiger partial charge in [-0.1, -0.05) is 43.1 Å². The molecule has 0 aliphatic heterocycles. The molecule has 1 aromatic carbocycles. The topological polar surface area (TPSA) is 66.9 Å². The first-order valence-corrected chi connectivity index (χ1v) is 8.04. The van der Waals surface area contributed by atoms with Crippen molar-refractivity contribution in [2.75, 3.05) is 11.9 Å². The summed E-state index contributed by atoms with van der Waals surface area (Å²) in [5, 5.41) is 6.69. The Morgan fingerprint density at radius 3 is 2.65 bits per heavy atom. The van der Waals surface area contributed by atoms with Crippen molar-refractivity contribution in [3.63, 3.8) is 0 Å². The van der Waals surface area contributed by atoms with Gasteiger partial charge in [0.05, 0.1) is 28.1 Å². The highest BCUT2D eigenvalue weighted by Gasteiger charge is 2.09. The van der Waals surface area contributed by atoms with E-state index in [-0.39, 0.29) is 11.6 Å².